The largest absolute Gasteiger partial charge is 0.494 e. The third-order valence-electron chi connectivity index (χ3n) is 3.66. The van der Waals surface area contributed by atoms with Crippen LogP contribution in [0.2, 0.25) is 0 Å². The molecule has 0 spiro atoms. The summed E-state index contributed by atoms with van der Waals surface area (Å²) in [5.41, 5.74) is -0.0378. The monoisotopic (exact) mass is 370 g/mol. The quantitative estimate of drug-likeness (QED) is 0.806. The van der Waals surface area contributed by atoms with E-state index in [0.29, 0.717) is 11.3 Å². The molecule has 0 bridgehead atoms. The first-order valence-corrected chi connectivity index (χ1v) is 7.62. The molecule has 0 heterocycles. The average Bonchev–Trinajstić information content (AvgIpc) is 2.53. The topological polar surface area (TPSA) is 41.6 Å². The molecular formula is C18H18F4N2O2. The lowest BCUT2D eigenvalue weighted by molar-refractivity contribution is -0.137. The summed E-state index contributed by atoms with van der Waals surface area (Å²) in [6.45, 7) is 0. The van der Waals surface area contributed by atoms with Gasteiger partial charge in [0.15, 0.2) is 11.6 Å². The Morgan fingerprint density at radius 2 is 1.85 bits per heavy atom. The Balaban J connectivity index is 2.23. The first kappa shape index (κ1) is 19.6. The molecule has 2 aromatic carbocycles. The molecule has 0 fully saturated rings. The fraction of sp³-hybridized carbons (Fsp3) is 0.278. The van der Waals surface area contributed by atoms with E-state index < -0.39 is 23.5 Å². The van der Waals surface area contributed by atoms with Crippen LogP contribution in [-0.4, -0.2) is 27.1 Å². The fourth-order valence-corrected chi connectivity index (χ4v) is 2.40. The van der Waals surface area contributed by atoms with Gasteiger partial charge in [-0.25, -0.2) is 4.39 Å². The van der Waals surface area contributed by atoms with E-state index in [9.17, 15) is 22.4 Å². The summed E-state index contributed by atoms with van der Waals surface area (Å²) in [4.78, 5) is 13.8. The highest BCUT2D eigenvalue weighted by Gasteiger charge is 2.31. The number of nitrogens with zero attached hydrogens (tertiary/aromatic N) is 1. The summed E-state index contributed by atoms with van der Waals surface area (Å²) >= 11 is 0. The first-order chi connectivity index (χ1) is 12.1. The number of methoxy groups -OCH3 is 1. The van der Waals surface area contributed by atoms with E-state index in [1.165, 1.54) is 25.3 Å². The summed E-state index contributed by atoms with van der Waals surface area (Å²) in [6, 6.07) is 7.16. The number of nitrogens with one attached hydrogen (secondary N) is 1. The maximum Gasteiger partial charge on any atom is 0.416 e. The van der Waals surface area contributed by atoms with Gasteiger partial charge in [-0.15, -0.1) is 0 Å². The lowest BCUT2D eigenvalue weighted by atomic mass is 10.1. The molecule has 1 N–H and O–H groups in total. The number of anilines is 2. The zero-order valence-electron chi connectivity index (χ0n) is 14.4. The van der Waals surface area contributed by atoms with Crippen LogP contribution in [0.25, 0.3) is 0 Å². The summed E-state index contributed by atoms with van der Waals surface area (Å²) in [6.07, 6.45) is -4.71. The van der Waals surface area contributed by atoms with Crippen LogP contribution in [0.15, 0.2) is 36.4 Å². The van der Waals surface area contributed by atoms with E-state index in [4.69, 9.17) is 4.74 Å². The predicted molar refractivity (Wildman–Crippen MR) is 91.1 cm³/mol. The van der Waals surface area contributed by atoms with Crippen molar-refractivity contribution in [2.75, 3.05) is 31.4 Å². The molecule has 0 aliphatic heterocycles. The van der Waals surface area contributed by atoms with Crippen molar-refractivity contribution in [1.82, 2.24) is 0 Å². The second kappa shape index (κ2) is 7.63. The standard InChI is InChI=1S/C18H18F4N2O2/c1-24(2)15-6-5-12(18(20,21)22)10-14(15)23-17(25)9-11-4-7-16(26-3)13(19)8-11/h4-8,10H,9H2,1-3H3,(H,23,25). The molecule has 26 heavy (non-hydrogen) atoms. The predicted octanol–water partition coefficient (Wildman–Crippen LogP) is 4.10. The average molecular weight is 370 g/mol. The third-order valence-corrected chi connectivity index (χ3v) is 3.66. The number of benzene rings is 2. The van der Waals surface area contributed by atoms with Crippen molar-refractivity contribution < 1.29 is 27.1 Å². The molecule has 2 rings (SSSR count). The number of hydrogen-bond donors (Lipinski definition) is 1. The third kappa shape index (κ3) is 4.65. The van der Waals surface area contributed by atoms with Crippen molar-refractivity contribution >= 4 is 17.3 Å². The van der Waals surface area contributed by atoms with Gasteiger partial charge in [0.05, 0.1) is 30.5 Å². The van der Waals surface area contributed by atoms with Gasteiger partial charge in [-0.3, -0.25) is 4.79 Å². The number of amides is 1. The van der Waals surface area contributed by atoms with Gasteiger partial charge < -0.3 is 15.0 Å². The SMILES string of the molecule is COc1ccc(CC(=O)Nc2cc(C(F)(F)F)ccc2N(C)C)cc1F. The van der Waals surface area contributed by atoms with Crippen LogP contribution in [0.1, 0.15) is 11.1 Å². The number of hydrogen-bond acceptors (Lipinski definition) is 3. The highest BCUT2D eigenvalue weighted by molar-refractivity contribution is 5.95. The molecule has 4 nitrogen and oxygen atoms in total. The lowest BCUT2D eigenvalue weighted by Crippen LogP contribution is -2.19. The molecule has 0 radical (unpaired) electrons. The molecule has 8 heteroatoms. The molecule has 0 aromatic heterocycles. The minimum atomic E-state index is -4.52. The first-order valence-electron chi connectivity index (χ1n) is 7.62. The molecule has 0 aliphatic rings. The molecule has 0 atom stereocenters. The van der Waals surface area contributed by atoms with Crippen molar-refractivity contribution in [1.29, 1.82) is 0 Å². The van der Waals surface area contributed by atoms with E-state index in [-0.39, 0.29) is 17.9 Å². The number of halogens is 4. The van der Waals surface area contributed by atoms with Crippen LogP contribution in [0, 0.1) is 5.82 Å². The van der Waals surface area contributed by atoms with Crippen molar-refractivity contribution in [3.05, 3.63) is 53.3 Å². The molecule has 0 saturated carbocycles. The molecule has 2 aromatic rings. The summed E-state index contributed by atoms with van der Waals surface area (Å²) in [7, 11) is 4.62. The van der Waals surface area contributed by atoms with Gasteiger partial charge in [-0.2, -0.15) is 13.2 Å². The lowest BCUT2D eigenvalue weighted by Gasteiger charge is -2.20. The molecular weight excluding hydrogens is 352 g/mol. The molecule has 0 aliphatic carbocycles. The fourth-order valence-electron chi connectivity index (χ4n) is 2.40. The Hall–Kier alpha value is -2.77. The van der Waals surface area contributed by atoms with Crippen molar-refractivity contribution in [2.24, 2.45) is 0 Å². The number of ether oxygens (including phenoxy) is 1. The van der Waals surface area contributed by atoms with Gasteiger partial charge in [-0.1, -0.05) is 6.07 Å². The highest BCUT2D eigenvalue weighted by Crippen LogP contribution is 2.35. The zero-order valence-corrected chi connectivity index (χ0v) is 14.4. The Labute approximate surface area is 148 Å². The van der Waals surface area contributed by atoms with Crippen molar-refractivity contribution in [3.8, 4) is 5.75 Å². The maximum atomic E-state index is 13.7. The van der Waals surface area contributed by atoms with Gasteiger partial charge in [-0.05, 0) is 35.9 Å². The Morgan fingerprint density at radius 1 is 1.15 bits per heavy atom. The van der Waals surface area contributed by atoms with E-state index in [2.05, 4.69) is 5.32 Å². The number of carbonyl (C=O) groups is 1. The molecule has 140 valence electrons. The Kier molecular flexibility index (Phi) is 5.74. The smallest absolute Gasteiger partial charge is 0.416 e. The van der Waals surface area contributed by atoms with Gasteiger partial charge in [0.2, 0.25) is 5.91 Å². The minimum absolute atomic E-state index is 0.0313. The van der Waals surface area contributed by atoms with E-state index in [1.807, 2.05) is 0 Å². The van der Waals surface area contributed by atoms with Crippen molar-refractivity contribution in [3.63, 3.8) is 0 Å². The van der Waals surface area contributed by atoms with Crippen LogP contribution in [0.5, 0.6) is 5.75 Å². The maximum absolute atomic E-state index is 13.7. The van der Waals surface area contributed by atoms with Crippen LogP contribution in [0.4, 0.5) is 28.9 Å². The van der Waals surface area contributed by atoms with E-state index in [0.717, 1.165) is 18.2 Å². The second-order valence-electron chi connectivity index (χ2n) is 5.82. The highest BCUT2D eigenvalue weighted by atomic mass is 19.4. The number of carbonyl (C=O) groups excluding carboxylic acids is 1. The van der Waals surface area contributed by atoms with Crippen LogP contribution < -0.4 is 15.0 Å². The van der Waals surface area contributed by atoms with Gasteiger partial charge in [0.1, 0.15) is 0 Å². The van der Waals surface area contributed by atoms with Crippen LogP contribution >= 0.6 is 0 Å². The Morgan fingerprint density at radius 3 is 2.38 bits per heavy atom. The number of alkyl halides is 3. The van der Waals surface area contributed by atoms with Crippen LogP contribution in [0.3, 0.4) is 0 Å². The van der Waals surface area contributed by atoms with Crippen LogP contribution in [-0.2, 0) is 17.4 Å². The van der Waals surface area contributed by atoms with Crippen molar-refractivity contribution in [2.45, 2.75) is 12.6 Å². The van der Waals surface area contributed by atoms with E-state index in [1.54, 1.807) is 19.0 Å². The minimum Gasteiger partial charge on any atom is -0.494 e. The van der Waals surface area contributed by atoms with E-state index >= 15 is 0 Å². The van der Waals surface area contributed by atoms with Gasteiger partial charge >= 0.3 is 6.18 Å². The Bertz CT molecular complexity index is 804. The van der Waals surface area contributed by atoms with Gasteiger partial charge in [0.25, 0.3) is 0 Å². The zero-order chi connectivity index (χ0) is 19.5. The van der Waals surface area contributed by atoms with Gasteiger partial charge in [0, 0.05) is 14.1 Å². The summed E-state index contributed by atoms with van der Waals surface area (Å²) in [5.74, 6) is -1.13. The molecule has 0 unspecified atom stereocenters. The molecule has 1 amide bonds. The summed E-state index contributed by atoms with van der Waals surface area (Å²) < 4.78 is 57.3. The summed E-state index contributed by atoms with van der Waals surface area (Å²) in [5, 5.41) is 2.47. The molecule has 0 saturated heterocycles. The number of rotatable bonds is 5. The normalized spacial score (nSPS) is 11.2. The second-order valence-corrected chi connectivity index (χ2v) is 5.82.